The van der Waals surface area contributed by atoms with Gasteiger partial charge in [-0.3, -0.25) is 9.89 Å². The highest BCUT2D eigenvalue weighted by Crippen LogP contribution is 2.39. The second-order valence-corrected chi connectivity index (χ2v) is 7.52. The topological polar surface area (TPSA) is 67.8 Å². The van der Waals surface area contributed by atoms with Crippen molar-refractivity contribution in [2.24, 2.45) is 4.99 Å². The molecule has 2 heterocycles. The Balaban J connectivity index is 0.00000341. The summed E-state index contributed by atoms with van der Waals surface area (Å²) in [5.41, 5.74) is 1.06. The molecule has 1 atom stereocenters. The van der Waals surface area contributed by atoms with Crippen LogP contribution in [0.1, 0.15) is 18.9 Å². The lowest BCUT2D eigenvalue weighted by molar-refractivity contribution is 0.0195. The summed E-state index contributed by atoms with van der Waals surface area (Å²) in [5, 5.41) is 3.46. The number of morpholine rings is 1. The van der Waals surface area contributed by atoms with E-state index in [1.165, 1.54) is 6.42 Å². The first-order valence-corrected chi connectivity index (χ1v) is 10.8. The molecular weight excluding hydrogens is 511 g/mol. The second kappa shape index (κ2) is 13.2. The molecule has 0 amide bonds. The summed E-state index contributed by atoms with van der Waals surface area (Å²) in [6.45, 7) is 9.46. The molecule has 3 rings (SSSR count). The van der Waals surface area contributed by atoms with Gasteiger partial charge < -0.3 is 29.2 Å². The van der Waals surface area contributed by atoms with Gasteiger partial charge >= 0.3 is 0 Å². The number of nitrogens with one attached hydrogen (secondary N) is 1. The van der Waals surface area contributed by atoms with Gasteiger partial charge in [0.2, 0.25) is 5.75 Å². The van der Waals surface area contributed by atoms with E-state index in [4.69, 9.17) is 23.9 Å². The van der Waals surface area contributed by atoms with Gasteiger partial charge in [0, 0.05) is 50.9 Å². The largest absolute Gasteiger partial charge is 0.493 e. The highest BCUT2D eigenvalue weighted by Gasteiger charge is 2.30. The Morgan fingerprint density at radius 3 is 2.48 bits per heavy atom. The predicted molar refractivity (Wildman–Crippen MR) is 134 cm³/mol. The van der Waals surface area contributed by atoms with Crippen molar-refractivity contribution >= 4 is 29.9 Å². The minimum atomic E-state index is 0. The maximum Gasteiger partial charge on any atom is 0.203 e. The lowest BCUT2D eigenvalue weighted by atomic mass is 10.1. The molecule has 1 aromatic rings. The van der Waals surface area contributed by atoms with Gasteiger partial charge in [0.25, 0.3) is 0 Å². The third kappa shape index (κ3) is 6.52. The molecule has 0 saturated carbocycles. The molecule has 1 unspecified atom stereocenters. The van der Waals surface area contributed by atoms with Crippen LogP contribution in [0, 0.1) is 0 Å². The molecule has 0 radical (unpaired) electrons. The summed E-state index contributed by atoms with van der Waals surface area (Å²) < 4.78 is 22.0. The van der Waals surface area contributed by atoms with E-state index in [1.54, 1.807) is 21.3 Å². The zero-order chi connectivity index (χ0) is 21.3. The monoisotopic (exact) mass is 548 g/mol. The highest BCUT2D eigenvalue weighted by molar-refractivity contribution is 14.0. The van der Waals surface area contributed by atoms with E-state index in [1.807, 2.05) is 12.1 Å². The van der Waals surface area contributed by atoms with E-state index in [-0.39, 0.29) is 24.0 Å². The maximum absolute atomic E-state index is 5.60. The number of likely N-dealkylation sites (tertiary alicyclic amines) is 1. The number of rotatable bonds is 8. The molecule has 0 aliphatic carbocycles. The van der Waals surface area contributed by atoms with Gasteiger partial charge in [-0.2, -0.15) is 0 Å². The average Bonchev–Trinajstić information content (AvgIpc) is 3.28. The second-order valence-electron chi connectivity index (χ2n) is 7.52. The van der Waals surface area contributed by atoms with Crippen LogP contribution in [0.5, 0.6) is 17.2 Å². The molecule has 8 nitrogen and oxygen atoms in total. The third-order valence-electron chi connectivity index (χ3n) is 5.79. The zero-order valence-electron chi connectivity index (χ0n) is 19.2. The fraction of sp³-hybridized carbons (Fsp3) is 0.682. The summed E-state index contributed by atoms with van der Waals surface area (Å²) in [5.74, 6) is 3.00. The molecule has 2 saturated heterocycles. The van der Waals surface area contributed by atoms with Gasteiger partial charge in [0.1, 0.15) is 0 Å². The number of aliphatic imine (C=N–C) groups is 1. The van der Waals surface area contributed by atoms with Crippen molar-refractivity contribution in [1.82, 2.24) is 15.1 Å². The average molecular weight is 548 g/mol. The molecule has 2 aliphatic heterocycles. The van der Waals surface area contributed by atoms with Crippen LogP contribution in [-0.4, -0.2) is 95.6 Å². The molecule has 0 spiro atoms. The van der Waals surface area contributed by atoms with Crippen molar-refractivity contribution < 1.29 is 18.9 Å². The molecule has 176 valence electrons. The van der Waals surface area contributed by atoms with Gasteiger partial charge in [-0.25, -0.2) is 0 Å². The Kier molecular flexibility index (Phi) is 11.0. The van der Waals surface area contributed by atoms with Crippen molar-refractivity contribution in [2.75, 3.05) is 73.8 Å². The lowest BCUT2D eigenvalue weighted by Crippen LogP contribution is -2.46. The van der Waals surface area contributed by atoms with Crippen LogP contribution < -0.4 is 19.5 Å². The first kappa shape index (κ1) is 25.8. The minimum absolute atomic E-state index is 0. The number of halogens is 1. The predicted octanol–water partition coefficient (Wildman–Crippen LogP) is 2.24. The molecule has 9 heteroatoms. The smallest absolute Gasteiger partial charge is 0.203 e. The van der Waals surface area contributed by atoms with Crippen molar-refractivity contribution in [1.29, 1.82) is 0 Å². The number of benzene rings is 1. The molecule has 31 heavy (non-hydrogen) atoms. The van der Waals surface area contributed by atoms with Crippen LogP contribution in [0.2, 0.25) is 0 Å². The summed E-state index contributed by atoms with van der Waals surface area (Å²) in [7, 11) is 4.91. The van der Waals surface area contributed by atoms with Gasteiger partial charge in [-0.1, -0.05) is 6.07 Å². The number of nitrogens with zero attached hydrogens (tertiary/aromatic N) is 3. The van der Waals surface area contributed by atoms with Crippen LogP contribution in [0.25, 0.3) is 0 Å². The number of guanidine groups is 1. The standard InChI is InChI=1S/C22H36N4O4.HI/c1-5-23-22(26-11-9-18(16-26)25-12-14-30-15-13-25)24-10-8-17-6-7-19(27-2)21(29-4)20(17)28-3;/h6-7,18H,5,8-16H2,1-4H3,(H,23,24);1H. The number of methoxy groups -OCH3 is 3. The zero-order valence-corrected chi connectivity index (χ0v) is 21.5. The van der Waals surface area contributed by atoms with Crippen molar-refractivity contribution in [3.8, 4) is 17.2 Å². The highest BCUT2D eigenvalue weighted by atomic mass is 127. The first-order chi connectivity index (χ1) is 14.7. The number of hydrogen-bond donors (Lipinski definition) is 1. The van der Waals surface area contributed by atoms with Crippen molar-refractivity contribution in [3.63, 3.8) is 0 Å². The molecule has 1 N–H and O–H groups in total. The fourth-order valence-electron chi connectivity index (χ4n) is 4.24. The van der Waals surface area contributed by atoms with Gasteiger partial charge in [0.15, 0.2) is 17.5 Å². The SMILES string of the molecule is CCNC(=NCCc1ccc(OC)c(OC)c1OC)N1CCC(N2CCOCC2)C1.I. The van der Waals surface area contributed by atoms with Crippen molar-refractivity contribution in [2.45, 2.75) is 25.8 Å². The first-order valence-electron chi connectivity index (χ1n) is 10.8. The van der Waals surface area contributed by atoms with E-state index >= 15 is 0 Å². The summed E-state index contributed by atoms with van der Waals surface area (Å²) in [6, 6.07) is 4.52. The quantitative estimate of drug-likeness (QED) is 0.304. The van der Waals surface area contributed by atoms with Crippen LogP contribution >= 0.6 is 24.0 Å². The van der Waals surface area contributed by atoms with Crippen molar-refractivity contribution in [3.05, 3.63) is 17.7 Å². The minimum Gasteiger partial charge on any atom is -0.493 e. The normalized spacial score (nSPS) is 19.7. The molecule has 0 bridgehead atoms. The Morgan fingerprint density at radius 2 is 1.84 bits per heavy atom. The van der Waals surface area contributed by atoms with E-state index in [0.717, 1.165) is 63.9 Å². The molecule has 0 aromatic heterocycles. The molecule has 1 aromatic carbocycles. The number of ether oxygens (including phenoxy) is 4. The van der Waals surface area contributed by atoms with Gasteiger partial charge in [-0.05, 0) is 25.8 Å². The van der Waals surface area contributed by atoms with Crippen LogP contribution in [0.15, 0.2) is 17.1 Å². The Labute approximate surface area is 203 Å². The summed E-state index contributed by atoms with van der Waals surface area (Å²) >= 11 is 0. The van der Waals surface area contributed by atoms with Gasteiger partial charge in [-0.15, -0.1) is 24.0 Å². The van der Waals surface area contributed by atoms with E-state index in [0.29, 0.717) is 29.8 Å². The molecule has 2 aliphatic rings. The maximum atomic E-state index is 5.60. The number of hydrogen-bond acceptors (Lipinski definition) is 6. The lowest BCUT2D eigenvalue weighted by Gasteiger charge is -2.32. The summed E-state index contributed by atoms with van der Waals surface area (Å²) in [4.78, 5) is 9.85. The van der Waals surface area contributed by atoms with E-state index in [9.17, 15) is 0 Å². The van der Waals surface area contributed by atoms with E-state index < -0.39 is 0 Å². The van der Waals surface area contributed by atoms with E-state index in [2.05, 4.69) is 22.0 Å². The van der Waals surface area contributed by atoms with Crippen LogP contribution in [-0.2, 0) is 11.2 Å². The molecular formula is C22H37IN4O4. The molecule has 2 fully saturated rings. The van der Waals surface area contributed by atoms with Gasteiger partial charge in [0.05, 0.1) is 34.5 Å². The van der Waals surface area contributed by atoms with Crippen LogP contribution in [0.4, 0.5) is 0 Å². The third-order valence-corrected chi connectivity index (χ3v) is 5.79. The summed E-state index contributed by atoms with van der Waals surface area (Å²) in [6.07, 6.45) is 1.94. The van der Waals surface area contributed by atoms with Crippen LogP contribution in [0.3, 0.4) is 0 Å². The Bertz CT molecular complexity index is 713. The fourth-order valence-corrected chi connectivity index (χ4v) is 4.24. The Hall–Kier alpha value is -1.46. The Morgan fingerprint density at radius 1 is 1.10 bits per heavy atom.